The topological polar surface area (TPSA) is 47.7 Å². The van der Waals surface area contributed by atoms with Gasteiger partial charge in [0, 0.05) is 26.2 Å². The molecule has 4 nitrogen and oxygen atoms in total. The highest BCUT2D eigenvalue weighted by Gasteiger charge is 2.19. The van der Waals surface area contributed by atoms with E-state index in [2.05, 4.69) is 4.90 Å². The molecule has 0 spiro atoms. The van der Waals surface area contributed by atoms with Crippen molar-refractivity contribution in [1.82, 2.24) is 4.90 Å². The van der Waals surface area contributed by atoms with Crippen molar-refractivity contribution in [3.63, 3.8) is 0 Å². The molecule has 19 heavy (non-hydrogen) atoms. The van der Waals surface area contributed by atoms with Gasteiger partial charge in [0.25, 0.3) is 0 Å². The first-order chi connectivity index (χ1) is 9.20. The van der Waals surface area contributed by atoms with E-state index in [1.165, 1.54) is 0 Å². The van der Waals surface area contributed by atoms with E-state index in [4.69, 9.17) is 38.4 Å². The van der Waals surface area contributed by atoms with Crippen LogP contribution in [0, 0.1) is 0 Å². The van der Waals surface area contributed by atoms with E-state index in [1.54, 1.807) is 18.2 Å². The van der Waals surface area contributed by atoms with Crippen molar-refractivity contribution in [2.45, 2.75) is 6.10 Å². The quantitative estimate of drug-likeness (QED) is 0.904. The summed E-state index contributed by atoms with van der Waals surface area (Å²) >= 11 is 12.1. The lowest BCUT2D eigenvalue weighted by molar-refractivity contribution is -0.0261. The van der Waals surface area contributed by atoms with Crippen LogP contribution in [-0.2, 0) is 4.74 Å². The number of morpholine rings is 1. The standard InChI is InChI=1S/C13H18Cl2N2O2/c14-11-2-1-3-12(15)13(11)19-7-5-17-4-6-18-10(8-16)9-17/h1-3,10H,4-9,16H2. The van der Waals surface area contributed by atoms with E-state index in [0.29, 0.717) is 35.6 Å². The summed E-state index contributed by atoms with van der Waals surface area (Å²) in [6, 6.07) is 5.33. The number of benzene rings is 1. The van der Waals surface area contributed by atoms with Crippen LogP contribution in [0.5, 0.6) is 5.75 Å². The average Bonchev–Trinajstić information content (AvgIpc) is 2.42. The summed E-state index contributed by atoms with van der Waals surface area (Å²) in [5, 5.41) is 1.07. The predicted molar refractivity (Wildman–Crippen MR) is 77.2 cm³/mol. The molecule has 2 N–H and O–H groups in total. The first kappa shape index (κ1) is 14.9. The van der Waals surface area contributed by atoms with Crippen LogP contribution in [0.3, 0.4) is 0 Å². The minimum absolute atomic E-state index is 0.123. The molecule has 6 heteroatoms. The van der Waals surface area contributed by atoms with Crippen LogP contribution >= 0.6 is 23.2 Å². The van der Waals surface area contributed by atoms with Crippen molar-refractivity contribution in [2.24, 2.45) is 5.73 Å². The lowest BCUT2D eigenvalue weighted by Gasteiger charge is -2.32. The fraction of sp³-hybridized carbons (Fsp3) is 0.538. The third-order valence-electron chi connectivity index (χ3n) is 3.06. The van der Waals surface area contributed by atoms with Crippen LogP contribution in [0.4, 0.5) is 0 Å². The Balaban J connectivity index is 1.80. The first-order valence-electron chi connectivity index (χ1n) is 6.31. The molecular weight excluding hydrogens is 287 g/mol. The molecule has 1 aliphatic rings. The Morgan fingerprint density at radius 2 is 2.11 bits per heavy atom. The number of nitrogens with two attached hydrogens (primary N) is 1. The summed E-state index contributed by atoms with van der Waals surface area (Å²) in [4.78, 5) is 2.27. The molecule has 1 unspecified atom stereocenters. The smallest absolute Gasteiger partial charge is 0.156 e. The summed E-state index contributed by atoms with van der Waals surface area (Å²) in [5.41, 5.74) is 5.61. The fourth-order valence-electron chi connectivity index (χ4n) is 2.02. The molecule has 0 amide bonds. The molecule has 1 saturated heterocycles. The summed E-state index contributed by atoms with van der Waals surface area (Å²) in [6.07, 6.45) is 0.123. The Kier molecular flexibility index (Phi) is 5.73. The molecule has 0 radical (unpaired) electrons. The highest BCUT2D eigenvalue weighted by atomic mass is 35.5. The molecule has 0 bridgehead atoms. The molecule has 1 heterocycles. The third-order valence-corrected chi connectivity index (χ3v) is 3.65. The zero-order chi connectivity index (χ0) is 13.7. The number of hydrogen-bond acceptors (Lipinski definition) is 4. The maximum absolute atomic E-state index is 6.04. The van der Waals surface area contributed by atoms with Gasteiger partial charge >= 0.3 is 0 Å². The summed E-state index contributed by atoms with van der Waals surface area (Å²) in [5.74, 6) is 0.550. The lowest BCUT2D eigenvalue weighted by Crippen LogP contribution is -2.46. The van der Waals surface area contributed by atoms with Gasteiger partial charge in [0.05, 0.1) is 22.8 Å². The maximum Gasteiger partial charge on any atom is 0.156 e. The second-order valence-corrected chi connectivity index (χ2v) is 5.24. The Labute approximate surface area is 123 Å². The second kappa shape index (κ2) is 7.31. The molecule has 1 aromatic rings. The molecule has 1 fully saturated rings. The van der Waals surface area contributed by atoms with Crippen molar-refractivity contribution in [3.05, 3.63) is 28.2 Å². The highest BCUT2D eigenvalue weighted by Crippen LogP contribution is 2.32. The number of nitrogens with zero attached hydrogens (tertiary/aromatic N) is 1. The molecule has 1 aliphatic heterocycles. The van der Waals surface area contributed by atoms with Crippen molar-refractivity contribution in [1.29, 1.82) is 0 Å². The van der Waals surface area contributed by atoms with Gasteiger partial charge in [-0.25, -0.2) is 0 Å². The van der Waals surface area contributed by atoms with Crippen LogP contribution in [0.15, 0.2) is 18.2 Å². The van der Waals surface area contributed by atoms with Gasteiger partial charge in [-0.2, -0.15) is 0 Å². The van der Waals surface area contributed by atoms with E-state index >= 15 is 0 Å². The number of rotatable bonds is 5. The molecule has 1 aromatic carbocycles. The summed E-state index contributed by atoms with van der Waals surface area (Å²) in [7, 11) is 0. The van der Waals surface area contributed by atoms with Crippen molar-refractivity contribution < 1.29 is 9.47 Å². The molecule has 106 valence electrons. The molecule has 0 aliphatic carbocycles. The Hall–Kier alpha value is -0.520. The van der Waals surface area contributed by atoms with E-state index in [9.17, 15) is 0 Å². The van der Waals surface area contributed by atoms with Crippen molar-refractivity contribution in [3.8, 4) is 5.75 Å². The first-order valence-corrected chi connectivity index (χ1v) is 7.07. The molecule has 1 atom stereocenters. The van der Waals surface area contributed by atoms with Crippen LogP contribution in [0.2, 0.25) is 10.0 Å². The number of ether oxygens (including phenoxy) is 2. The maximum atomic E-state index is 6.04. The lowest BCUT2D eigenvalue weighted by atomic mass is 10.3. The SMILES string of the molecule is NCC1CN(CCOc2c(Cl)cccc2Cl)CCO1. The van der Waals surface area contributed by atoms with Gasteiger partial charge in [0.1, 0.15) is 6.61 Å². The van der Waals surface area contributed by atoms with Gasteiger partial charge in [0.15, 0.2) is 5.75 Å². The van der Waals surface area contributed by atoms with Crippen LogP contribution in [0.1, 0.15) is 0 Å². The summed E-state index contributed by atoms with van der Waals surface area (Å²) in [6.45, 7) is 4.36. The van der Waals surface area contributed by atoms with E-state index < -0.39 is 0 Å². The van der Waals surface area contributed by atoms with Crippen molar-refractivity contribution in [2.75, 3.05) is 39.4 Å². The highest BCUT2D eigenvalue weighted by molar-refractivity contribution is 6.37. The Morgan fingerprint density at radius 3 is 2.79 bits per heavy atom. The number of halogens is 2. The van der Waals surface area contributed by atoms with E-state index in [0.717, 1.165) is 19.6 Å². The normalized spacial score (nSPS) is 20.5. The third kappa shape index (κ3) is 4.23. The summed E-state index contributed by atoms with van der Waals surface area (Å²) < 4.78 is 11.2. The van der Waals surface area contributed by atoms with Gasteiger partial charge in [0.2, 0.25) is 0 Å². The van der Waals surface area contributed by atoms with Gasteiger partial charge in [-0.15, -0.1) is 0 Å². The van der Waals surface area contributed by atoms with Gasteiger partial charge < -0.3 is 15.2 Å². The largest absolute Gasteiger partial charge is 0.489 e. The minimum atomic E-state index is 0.123. The van der Waals surface area contributed by atoms with E-state index in [-0.39, 0.29) is 6.10 Å². The van der Waals surface area contributed by atoms with Gasteiger partial charge in [-0.3, -0.25) is 4.90 Å². The zero-order valence-electron chi connectivity index (χ0n) is 10.6. The van der Waals surface area contributed by atoms with Gasteiger partial charge in [-0.05, 0) is 12.1 Å². The van der Waals surface area contributed by atoms with Crippen molar-refractivity contribution >= 4 is 23.2 Å². The number of para-hydroxylation sites is 1. The van der Waals surface area contributed by atoms with Crippen LogP contribution < -0.4 is 10.5 Å². The number of hydrogen-bond donors (Lipinski definition) is 1. The molecule has 2 rings (SSSR count). The fourth-order valence-corrected chi connectivity index (χ4v) is 2.53. The van der Waals surface area contributed by atoms with Gasteiger partial charge in [-0.1, -0.05) is 29.3 Å². The van der Waals surface area contributed by atoms with E-state index in [1.807, 2.05) is 0 Å². The molecular formula is C13H18Cl2N2O2. The van der Waals surface area contributed by atoms with Crippen LogP contribution in [0.25, 0.3) is 0 Å². The second-order valence-electron chi connectivity index (χ2n) is 4.43. The molecule has 0 aromatic heterocycles. The Bertz CT molecular complexity index is 397. The van der Waals surface area contributed by atoms with Crippen LogP contribution in [-0.4, -0.2) is 50.4 Å². The average molecular weight is 305 g/mol. The Morgan fingerprint density at radius 1 is 1.37 bits per heavy atom. The zero-order valence-corrected chi connectivity index (χ0v) is 12.2. The minimum Gasteiger partial charge on any atom is -0.489 e. The predicted octanol–water partition coefficient (Wildman–Crippen LogP) is 2.03. The molecule has 0 saturated carbocycles. The monoisotopic (exact) mass is 304 g/mol.